The molecule has 3 unspecified atom stereocenters. The summed E-state index contributed by atoms with van der Waals surface area (Å²) in [5.74, 6) is 0. The normalized spacial score (nSPS) is 20.0. The summed E-state index contributed by atoms with van der Waals surface area (Å²) in [6, 6.07) is 7.65. The Morgan fingerprint density at radius 1 is 0.923 bits per heavy atom. The van der Waals surface area contributed by atoms with Crippen LogP contribution in [-0.2, 0) is 34.8 Å². The average Bonchev–Trinajstić information content (AvgIpc) is 2.86. The average molecular weight is 561 g/mol. The lowest BCUT2D eigenvalue weighted by Crippen LogP contribution is -2.62. The summed E-state index contributed by atoms with van der Waals surface area (Å²) < 4.78 is 90.5. The van der Waals surface area contributed by atoms with Crippen LogP contribution >= 0.6 is 0 Å². The molecule has 0 radical (unpaired) electrons. The summed E-state index contributed by atoms with van der Waals surface area (Å²) in [5.41, 5.74) is -2.65. The van der Waals surface area contributed by atoms with Crippen molar-refractivity contribution in [1.29, 1.82) is 0 Å². The molecule has 2 aromatic rings. The Bertz CT molecular complexity index is 1110. The first-order chi connectivity index (χ1) is 18.2. The Balaban J connectivity index is 2.02. The van der Waals surface area contributed by atoms with Gasteiger partial charge in [0, 0.05) is 25.7 Å². The van der Waals surface area contributed by atoms with E-state index in [1.165, 1.54) is 7.11 Å². The molecule has 0 aromatic heterocycles. The Kier molecular flexibility index (Phi) is 9.36. The van der Waals surface area contributed by atoms with Crippen molar-refractivity contribution in [3.63, 3.8) is 0 Å². The van der Waals surface area contributed by atoms with Gasteiger partial charge in [-0.1, -0.05) is 30.3 Å². The third kappa shape index (κ3) is 7.55. The van der Waals surface area contributed by atoms with Crippen molar-refractivity contribution in [3.8, 4) is 0 Å². The van der Waals surface area contributed by atoms with Gasteiger partial charge in [0.05, 0.1) is 30.9 Å². The molecule has 0 saturated carbocycles. The number of carbonyl (C=O) groups excluding carboxylic acids is 2. The first kappa shape index (κ1) is 30.1. The van der Waals surface area contributed by atoms with E-state index >= 15 is 0 Å². The van der Waals surface area contributed by atoms with Crippen LogP contribution in [0.4, 0.5) is 35.9 Å². The molecule has 2 amide bonds. The number of rotatable bonds is 7. The van der Waals surface area contributed by atoms with Crippen molar-refractivity contribution in [3.05, 3.63) is 70.8 Å². The van der Waals surface area contributed by atoms with Crippen molar-refractivity contribution >= 4 is 12.2 Å². The molecular formula is C26H27F6N2O5-. The van der Waals surface area contributed by atoms with Gasteiger partial charge in [0.15, 0.2) is 0 Å². The lowest BCUT2D eigenvalue weighted by molar-refractivity contribution is -0.274. The SMILES string of the molecule is COCC1CC(N(Cc2cc(C(F)(F)F)cc(C(F)(F)F)c2)C(=O)OC)CC(Cc2ccccc2)N1C(=O)[O-]. The van der Waals surface area contributed by atoms with E-state index in [1.807, 2.05) is 0 Å². The first-order valence-electron chi connectivity index (χ1n) is 11.9. The van der Waals surface area contributed by atoms with Crippen LogP contribution in [-0.4, -0.2) is 60.9 Å². The van der Waals surface area contributed by atoms with Gasteiger partial charge < -0.3 is 29.2 Å². The Hall–Kier alpha value is -3.48. The van der Waals surface area contributed by atoms with Gasteiger partial charge in [0.25, 0.3) is 0 Å². The molecule has 39 heavy (non-hydrogen) atoms. The van der Waals surface area contributed by atoms with Gasteiger partial charge >= 0.3 is 18.4 Å². The van der Waals surface area contributed by atoms with Crippen LogP contribution in [0.2, 0.25) is 0 Å². The van der Waals surface area contributed by atoms with Crippen LogP contribution in [0.3, 0.4) is 0 Å². The van der Waals surface area contributed by atoms with Crippen molar-refractivity contribution in [2.24, 2.45) is 0 Å². The molecule has 1 aliphatic heterocycles. The molecule has 1 aliphatic rings. The number of ether oxygens (including phenoxy) is 2. The van der Waals surface area contributed by atoms with E-state index in [0.29, 0.717) is 12.1 Å². The maximum atomic E-state index is 13.4. The van der Waals surface area contributed by atoms with Gasteiger partial charge in [0.1, 0.15) is 6.09 Å². The summed E-state index contributed by atoms with van der Waals surface area (Å²) in [6.07, 6.45) is -12.3. The lowest BCUT2D eigenvalue weighted by atomic mass is 9.87. The quantitative estimate of drug-likeness (QED) is 0.457. The number of carbonyl (C=O) groups is 2. The van der Waals surface area contributed by atoms with Crippen LogP contribution in [0, 0.1) is 0 Å². The molecule has 0 N–H and O–H groups in total. The van der Waals surface area contributed by atoms with E-state index < -0.39 is 65.9 Å². The van der Waals surface area contributed by atoms with Crippen molar-refractivity contribution in [2.45, 2.75) is 56.3 Å². The lowest BCUT2D eigenvalue weighted by Gasteiger charge is -2.49. The van der Waals surface area contributed by atoms with Crippen molar-refractivity contribution < 1.29 is 50.5 Å². The zero-order valence-corrected chi connectivity index (χ0v) is 21.1. The van der Waals surface area contributed by atoms with Gasteiger partial charge in [-0.05, 0) is 48.6 Å². The number of hydrogen-bond donors (Lipinski definition) is 0. The van der Waals surface area contributed by atoms with E-state index in [4.69, 9.17) is 9.47 Å². The minimum absolute atomic E-state index is 0.00665. The smallest absolute Gasteiger partial charge is 0.416 e. The highest BCUT2D eigenvalue weighted by Crippen LogP contribution is 2.37. The maximum Gasteiger partial charge on any atom is 0.416 e. The van der Waals surface area contributed by atoms with E-state index in [1.54, 1.807) is 30.3 Å². The molecule has 3 rings (SSSR count). The number of alkyl halides is 6. The molecule has 2 aromatic carbocycles. The fourth-order valence-corrected chi connectivity index (χ4v) is 4.98. The van der Waals surface area contributed by atoms with Crippen molar-refractivity contribution in [2.75, 3.05) is 20.8 Å². The van der Waals surface area contributed by atoms with Gasteiger partial charge in [-0.3, -0.25) is 0 Å². The third-order valence-electron chi connectivity index (χ3n) is 6.61. The molecule has 1 heterocycles. The molecule has 214 valence electrons. The molecule has 0 spiro atoms. The third-order valence-corrected chi connectivity index (χ3v) is 6.61. The molecule has 7 nitrogen and oxygen atoms in total. The number of hydrogen-bond acceptors (Lipinski definition) is 5. The Labute approximate surface area is 220 Å². The van der Waals surface area contributed by atoms with Crippen molar-refractivity contribution in [1.82, 2.24) is 9.80 Å². The monoisotopic (exact) mass is 561 g/mol. The van der Waals surface area contributed by atoms with E-state index in [9.17, 15) is 41.0 Å². The number of likely N-dealkylation sites (tertiary alicyclic amines) is 1. The topological polar surface area (TPSA) is 82.1 Å². The van der Waals surface area contributed by atoms with Gasteiger partial charge in [-0.15, -0.1) is 0 Å². The van der Waals surface area contributed by atoms with Gasteiger partial charge in [-0.25, -0.2) is 4.79 Å². The summed E-state index contributed by atoms with van der Waals surface area (Å²) in [4.78, 5) is 27.1. The second kappa shape index (κ2) is 12.1. The molecular weight excluding hydrogens is 534 g/mol. The summed E-state index contributed by atoms with van der Waals surface area (Å²) in [5, 5.41) is 12.1. The first-order valence-corrected chi connectivity index (χ1v) is 11.9. The predicted octanol–water partition coefficient (Wildman–Crippen LogP) is 4.73. The van der Waals surface area contributed by atoms with Gasteiger partial charge in [-0.2, -0.15) is 26.3 Å². The number of piperidine rings is 1. The minimum atomic E-state index is -5.06. The molecule has 1 saturated heterocycles. The largest absolute Gasteiger partial charge is 0.530 e. The number of benzene rings is 2. The zero-order chi connectivity index (χ0) is 29.0. The van der Waals surface area contributed by atoms with Crippen LogP contribution in [0.1, 0.15) is 35.1 Å². The molecule has 0 aliphatic carbocycles. The van der Waals surface area contributed by atoms with Crippen LogP contribution in [0.15, 0.2) is 48.5 Å². The standard InChI is InChI=1S/C26H28F6N2O5/c1-38-15-22-13-20(12-21(34(22)23(35)36)10-16-6-4-3-5-7-16)33(24(37)39-2)14-17-8-18(25(27,28)29)11-19(9-17)26(30,31)32/h3-9,11,20-22H,10,12-15H2,1-2H3,(H,35,36)/p-1. The van der Waals surface area contributed by atoms with Crippen LogP contribution < -0.4 is 5.11 Å². The predicted molar refractivity (Wildman–Crippen MR) is 124 cm³/mol. The van der Waals surface area contributed by atoms with E-state index in [2.05, 4.69) is 0 Å². The fourth-order valence-electron chi connectivity index (χ4n) is 4.98. The summed E-state index contributed by atoms with van der Waals surface area (Å²) >= 11 is 0. The van der Waals surface area contributed by atoms with Gasteiger partial charge in [0.2, 0.25) is 0 Å². The Morgan fingerprint density at radius 2 is 1.49 bits per heavy atom. The second-order valence-electron chi connectivity index (χ2n) is 9.26. The molecule has 1 fully saturated rings. The minimum Gasteiger partial charge on any atom is -0.530 e. The number of carboxylic acid groups (broad SMARTS) is 1. The highest BCUT2D eigenvalue weighted by molar-refractivity contribution is 5.68. The molecule has 3 atom stereocenters. The highest BCUT2D eigenvalue weighted by atomic mass is 19.4. The zero-order valence-electron chi connectivity index (χ0n) is 21.1. The highest BCUT2D eigenvalue weighted by Gasteiger charge is 2.41. The molecule has 13 heteroatoms. The van der Waals surface area contributed by atoms with E-state index in [-0.39, 0.29) is 31.9 Å². The van der Waals surface area contributed by atoms with Crippen LogP contribution in [0.5, 0.6) is 0 Å². The molecule has 0 bridgehead atoms. The fraction of sp³-hybridized carbons (Fsp3) is 0.462. The maximum absolute atomic E-state index is 13.4. The number of nitrogens with zero attached hydrogens (tertiary/aromatic N) is 2. The second-order valence-corrected chi connectivity index (χ2v) is 9.26. The van der Waals surface area contributed by atoms with E-state index in [0.717, 1.165) is 22.5 Å². The van der Waals surface area contributed by atoms with Crippen LogP contribution in [0.25, 0.3) is 0 Å². The number of methoxy groups -OCH3 is 2. The Morgan fingerprint density at radius 3 is 1.97 bits per heavy atom. The number of amides is 2. The summed E-state index contributed by atoms with van der Waals surface area (Å²) in [7, 11) is 2.38. The number of halogens is 6. The summed E-state index contributed by atoms with van der Waals surface area (Å²) in [6.45, 7) is -0.708.